The molecule has 0 unspecified atom stereocenters. The third-order valence-corrected chi connectivity index (χ3v) is 4.97. The smallest absolute Gasteiger partial charge is 0.239 e. The summed E-state index contributed by atoms with van der Waals surface area (Å²) in [6.45, 7) is 5.09. The summed E-state index contributed by atoms with van der Waals surface area (Å²) >= 11 is 0. The Morgan fingerprint density at radius 2 is 2.15 bits per heavy atom. The minimum Gasteiger partial charge on any atom is -0.376 e. The molecular weight excluding hydrogens is 254 g/mol. The number of likely N-dealkylation sites (tertiary alicyclic amines) is 1. The van der Waals surface area contributed by atoms with Crippen LogP contribution < -0.4 is 5.32 Å². The zero-order valence-electron chi connectivity index (χ0n) is 12.5. The van der Waals surface area contributed by atoms with Gasteiger partial charge in [0.15, 0.2) is 0 Å². The second-order valence-electron chi connectivity index (χ2n) is 6.42. The van der Waals surface area contributed by atoms with Gasteiger partial charge in [-0.1, -0.05) is 6.42 Å². The summed E-state index contributed by atoms with van der Waals surface area (Å²) in [5.74, 6) is 0.236. The average Bonchev–Trinajstić information content (AvgIpc) is 3.06. The first-order valence-corrected chi connectivity index (χ1v) is 8.09. The maximum Gasteiger partial charge on any atom is 0.239 e. The fraction of sp³-hybridized carbons (Fsp3) is 0.933. The highest BCUT2D eigenvalue weighted by Gasteiger charge is 2.41. The van der Waals surface area contributed by atoms with Crippen molar-refractivity contribution in [2.45, 2.75) is 50.3 Å². The summed E-state index contributed by atoms with van der Waals surface area (Å²) in [5, 5.41) is 3.44. The Morgan fingerprint density at radius 1 is 1.35 bits per heavy atom. The molecule has 0 radical (unpaired) electrons. The van der Waals surface area contributed by atoms with Crippen LogP contribution in [0.3, 0.4) is 0 Å². The molecule has 0 bridgehead atoms. The van der Waals surface area contributed by atoms with Gasteiger partial charge in [-0.15, -0.1) is 0 Å². The SMILES string of the molecule is CN(CCN1CCCCC1)C(=O)[C@@H]1C[C@@H]2OCC[C@@H]2N1. The van der Waals surface area contributed by atoms with Gasteiger partial charge < -0.3 is 19.9 Å². The predicted octanol–water partition coefficient (Wildman–Crippen LogP) is 0.450. The van der Waals surface area contributed by atoms with E-state index < -0.39 is 0 Å². The number of carbonyl (C=O) groups is 1. The van der Waals surface area contributed by atoms with Crippen LogP contribution in [0.1, 0.15) is 32.1 Å². The predicted molar refractivity (Wildman–Crippen MR) is 77.6 cm³/mol. The van der Waals surface area contributed by atoms with Gasteiger partial charge in [-0.3, -0.25) is 4.79 Å². The lowest BCUT2D eigenvalue weighted by Gasteiger charge is -2.29. The summed E-state index contributed by atoms with van der Waals surface area (Å²) in [6, 6.07) is 0.371. The zero-order valence-corrected chi connectivity index (χ0v) is 12.5. The first-order valence-electron chi connectivity index (χ1n) is 8.09. The second-order valence-corrected chi connectivity index (χ2v) is 6.42. The monoisotopic (exact) mass is 281 g/mol. The van der Waals surface area contributed by atoms with Crippen LogP contribution in [0, 0.1) is 0 Å². The van der Waals surface area contributed by atoms with E-state index in [0.29, 0.717) is 6.04 Å². The van der Waals surface area contributed by atoms with Crippen LogP contribution in [0.5, 0.6) is 0 Å². The van der Waals surface area contributed by atoms with Crippen LogP contribution in [0.15, 0.2) is 0 Å². The van der Waals surface area contributed by atoms with Crippen LogP contribution in [-0.2, 0) is 9.53 Å². The van der Waals surface area contributed by atoms with Gasteiger partial charge in [0.05, 0.1) is 12.1 Å². The molecular formula is C15H27N3O2. The molecule has 114 valence electrons. The van der Waals surface area contributed by atoms with Crippen molar-refractivity contribution in [1.82, 2.24) is 15.1 Å². The van der Waals surface area contributed by atoms with E-state index in [9.17, 15) is 4.79 Å². The molecule has 0 saturated carbocycles. The third kappa shape index (κ3) is 3.15. The number of rotatable bonds is 4. The van der Waals surface area contributed by atoms with Crippen molar-refractivity contribution in [2.75, 3.05) is 39.8 Å². The van der Waals surface area contributed by atoms with Gasteiger partial charge in [0, 0.05) is 32.8 Å². The van der Waals surface area contributed by atoms with Gasteiger partial charge in [-0.2, -0.15) is 0 Å². The van der Waals surface area contributed by atoms with Crippen molar-refractivity contribution in [3.05, 3.63) is 0 Å². The number of nitrogens with zero attached hydrogens (tertiary/aromatic N) is 2. The molecule has 3 atom stereocenters. The van der Waals surface area contributed by atoms with Crippen LogP contribution in [0.4, 0.5) is 0 Å². The Labute approximate surface area is 121 Å². The van der Waals surface area contributed by atoms with Crippen molar-refractivity contribution in [1.29, 1.82) is 0 Å². The van der Waals surface area contributed by atoms with E-state index >= 15 is 0 Å². The highest BCUT2D eigenvalue weighted by Crippen LogP contribution is 2.25. The number of fused-ring (bicyclic) bond motifs is 1. The molecule has 3 fully saturated rings. The summed E-state index contributed by atoms with van der Waals surface area (Å²) in [5.41, 5.74) is 0. The molecule has 5 heteroatoms. The van der Waals surface area contributed by atoms with E-state index in [1.54, 1.807) is 0 Å². The van der Waals surface area contributed by atoms with Crippen molar-refractivity contribution >= 4 is 5.91 Å². The van der Waals surface area contributed by atoms with E-state index in [4.69, 9.17) is 4.74 Å². The molecule has 1 amide bonds. The first kappa shape index (κ1) is 14.3. The fourth-order valence-corrected chi connectivity index (χ4v) is 3.65. The topological polar surface area (TPSA) is 44.8 Å². The molecule has 1 N–H and O–H groups in total. The number of hydrogen-bond acceptors (Lipinski definition) is 4. The number of ether oxygens (including phenoxy) is 1. The molecule has 0 aromatic rings. The molecule has 3 saturated heterocycles. The standard InChI is InChI=1S/C15H27N3O2/c1-17(8-9-18-6-3-2-4-7-18)15(19)13-11-14-12(16-13)5-10-20-14/h12-14,16H,2-11H2,1H3/t12-,13-,14-/m0/s1. The first-order chi connectivity index (χ1) is 9.74. The van der Waals surface area contributed by atoms with Crippen molar-refractivity contribution in [2.24, 2.45) is 0 Å². The van der Waals surface area contributed by atoms with E-state index in [1.807, 2.05) is 11.9 Å². The van der Waals surface area contributed by atoms with Gasteiger partial charge >= 0.3 is 0 Å². The average molecular weight is 281 g/mol. The molecule has 20 heavy (non-hydrogen) atoms. The normalized spacial score (nSPS) is 34.1. The molecule has 3 aliphatic rings. The van der Waals surface area contributed by atoms with E-state index in [0.717, 1.165) is 32.5 Å². The maximum atomic E-state index is 12.4. The Balaban J connectivity index is 1.42. The number of carbonyl (C=O) groups excluding carboxylic acids is 1. The van der Waals surface area contributed by atoms with Gasteiger partial charge in [-0.05, 0) is 38.8 Å². The summed E-state index contributed by atoms with van der Waals surface area (Å²) in [4.78, 5) is 16.8. The fourth-order valence-electron chi connectivity index (χ4n) is 3.65. The van der Waals surface area contributed by atoms with E-state index in [2.05, 4.69) is 10.2 Å². The lowest BCUT2D eigenvalue weighted by molar-refractivity contribution is -0.132. The van der Waals surface area contributed by atoms with Crippen molar-refractivity contribution < 1.29 is 9.53 Å². The Morgan fingerprint density at radius 3 is 2.90 bits per heavy atom. The molecule has 5 nitrogen and oxygen atoms in total. The zero-order chi connectivity index (χ0) is 13.9. The Bertz CT molecular complexity index is 332. The van der Waals surface area contributed by atoms with Gasteiger partial charge in [-0.25, -0.2) is 0 Å². The van der Waals surface area contributed by atoms with Gasteiger partial charge in [0.25, 0.3) is 0 Å². The molecule has 0 aromatic heterocycles. The quantitative estimate of drug-likeness (QED) is 0.813. The molecule has 3 heterocycles. The maximum absolute atomic E-state index is 12.4. The number of likely N-dealkylation sites (N-methyl/N-ethyl adjacent to an activating group) is 1. The lowest BCUT2D eigenvalue weighted by Crippen LogP contribution is -2.46. The molecule has 3 aliphatic heterocycles. The Kier molecular flexibility index (Phi) is 4.58. The second kappa shape index (κ2) is 6.41. The molecule has 3 rings (SSSR count). The van der Waals surface area contributed by atoms with Crippen molar-refractivity contribution in [3.63, 3.8) is 0 Å². The molecule has 0 aliphatic carbocycles. The van der Waals surface area contributed by atoms with Crippen LogP contribution in [-0.4, -0.2) is 73.7 Å². The van der Waals surface area contributed by atoms with Gasteiger partial charge in [0.1, 0.15) is 0 Å². The lowest BCUT2D eigenvalue weighted by atomic mass is 10.1. The number of amides is 1. The summed E-state index contributed by atoms with van der Waals surface area (Å²) in [7, 11) is 1.93. The third-order valence-electron chi connectivity index (χ3n) is 4.97. The number of piperidine rings is 1. The highest BCUT2D eigenvalue weighted by atomic mass is 16.5. The largest absolute Gasteiger partial charge is 0.376 e. The van der Waals surface area contributed by atoms with Crippen molar-refractivity contribution in [3.8, 4) is 0 Å². The number of nitrogens with one attached hydrogen (secondary N) is 1. The minimum atomic E-state index is -0.0309. The van der Waals surface area contributed by atoms with Crippen LogP contribution in [0.25, 0.3) is 0 Å². The number of hydrogen-bond donors (Lipinski definition) is 1. The highest BCUT2D eigenvalue weighted by molar-refractivity contribution is 5.82. The summed E-state index contributed by atoms with van der Waals surface area (Å²) < 4.78 is 5.65. The van der Waals surface area contributed by atoms with E-state index in [-0.39, 0.29) is 18.1 Å². The molecule has 0 spiro atoms. The summed E-state index contributed by atoms with van der Waals surface area (Å²) in [6.07, 6.45) is 6.13. The van der Waals surface area contributed by atoms with Crippen LogP contribution in [0.2, 0.25) is 0 Å². The minimum absolute atomic E-state index is 0.0309. The van der Waals surface area contributed by atoms with Gasteiger partial charge in [0.2, 0.25) is 5.91 Å². The van der Waals surface area contributed by atoms with E-state index in [1.165, 1.54) is 32.4 Å². The Hall–Kier alpha value is -0.650. The molecule has 0 aromatic carbocycles. The van der Waals surface area contributed by atoms with Crippen LogP contribution >= 0.6 is 0 Å².